The van der Waals surface area contributed by atoms with Gasteiger partial charge in [-0.05, 0) is 188 Å². The molecule has 8 aromatic rings. The molecule has 28 nitrogen and oxygen atoms in total. The molecule has 0 bridgehead atoms. The van der Waals surface area contributed by atoms with E-state index >= 15 is 0 Å². The van der Waals surface area contributed by atoms with E-state index in [0.29, 0.717) is 73.7 Å². The van der Waals surface area contributed by atoms with Crippen molar-refractivity contribution < 1.29 is 93.5 Å². The van der Waals surface area contributed by atoms with Crippen molar-refractivity contribution in [1.29, 1.82) is 0 Å². The largest absolute Gasteiger partial charge is 0.488 e. The van der Waals surface area contributed by atoms with Crippen LogP contribution in [0.15, 0.2) is 134 Å². The van der Waals surface area contributed by atoms with Crippen LogP contribution in [0.3, 0.4) is 0 Å². The first kappa shape index (κ1) is 104. The van der Waals surface area contributed by atoms with Crippen LogP contribution in [0.5, 0.6) is 0 Å². The highest BCUT2D eigenvalue weighted by atomic mass is 35.5. The van der Waals surface area contributed by atoms with E-state index in [2.05, 4.69) is 85.2 Å². The van der Waals surface area contributed by atoms with Gasteiger partial charge in [-0.25, -0.2) is 49.7 Å². The number of fused-ring (bicyclic) bond motifs is 3. The smallest absolute Gasteiger partial charge is 0.481 e. The molecule has 126 heavy (non-hydrogen) atoms. The Balaban J connectivity index is 0.000000238. The van der Waals surface area contributed by atoms with Crippen LogP contribution in [0, 0.1) is 5.92 Å². The number of alkyl halides is 9. The number of carboxylic acid groups (broad SMARTS) is 3. The monoisotopic (exact) mass is 1830 g/mol. The number of halogens is 12. The average molecular weight is 1830 g/mol. The molecule has 0 unspecified atom stereocenters. The molecule has 0 spiro atoms. The van der Waals surface area contributed by atoms with Crippen molar-refractivity contribution in [2.75, 3.05) is 139 Å². The van der Waals surface area contributed by atoms with Crippen molar-refractivity contribution in [1.82, 2.24) is 59.6 Å². The molecule has 3 aliphatic rings. The molecule has 0 saturated heterocycles. The van der Waals surface area contributed by atoms with Crippen molar-refractivity contribution in [3.63, 3.8) is 0 Å². The number of anilines is 4. The number of aliphatic carboxylic acids is 3. The Kier molecular flexibility index (Phi) is 46.2. The zero-order valence-electron chi connectivity index (χ0n) is 69.8. The Labute approximate surface area is 742 Å². The minimum Gasteiger partial charge on any atom is -0.481 e. The molecule has 11 rings (SSSR count). The first-order chi connectivity index (χ1) is 60.3. The van der Waals surface area contributed by atoms with Crippen LogP contribution in [0.4, 0.5) is 62.8 Å². The van der Waals surface area contributed by atoms with Gasteiger partial charge in [-0.15, -0.1) is 0 Å². The van der Waals surface area contributed by atoms with Gasteiger partial charge in [-0.2, -0.15) is 39.5 Å². The van der Waals surface area contributed by atoms with Crippen LogP contribution in [0.2, 0.25) is 15.5 Å². The van der Waals surface area contributed by atoms with Gasteiger partial charge < -0.3 is 81.3 Å². The van der Waals surface area contributed by atoms with Crippen molar-refractivity contribution in [3.05, 3.63) is 189 Å². The highest BCUT2D eigenvalue weighted by molar-refractivity contribution is 6.58. The summed E-state index contributed by atoms with van der Waals surface area (Å²) in [6.07, 6.45) is 5.59. The fourth-order valence-corrected chi connectivity index (χ4v) is 13.8. The normalized spacial score (nSPS) is 13.6. The summed E-state index contributed by atoms with van der Waals surface area (Å²) >= 11 is 16.7. The van der Waals surface area contributed by atoms with E-state index < -0.39 is 81.4 Å². The zero-order valence-corrected chi connectivity index (χ0v) is 72.1. The first-order valence-electron chi connectivity index (χ1n) is 41.7. The van der Waals surface area contributed by atoms with Gasteiger partial charge in [-0.1, -0.05) is 114 Å². The number of hydrogen-bond donors (Lipinski definition) is 10. The van der Waals surface area contributed by atoms with Crippen molar-refractivity contribution >= 4 is 88.6 Å². The molecule has 6 aromatic heterocycles. The molecule has 3 atom stereocenters. The third kappa shape index (κ3) is 43.5. The number of aromatic nitrogens is 9. The summed E-state index contributed by atoms with van der Waals surface area (Å²) in [7, 11) is -1.34. The van der Waals surface area contributed by atoms with E-state index in [4.69, 9.17) is 75.1 Å². The molecule has 0 saturated carbocycles. The molecule has 0 aliphatic carbocycles. The number of nitrogens with zero attached hydrogens (tertiary/aromatic N) is 12. The highest BCUT2D eigenvalue weighted by Gasteiger charge is 2.31. The van der Waals surface area contributed by atoms with E-state index in [1.165, 1.54) is 47.8 Å². The molecule has 3 aliphatic heterocycles. The maximum absolute atomic E-state index is 12.6. The molecule has 688 valence electrons. The van der Waals surface area contributed by atoms with E-state index in [1.807, 2.05) is 63.2 Å². The fraction of sp³-hybridized carbons (Fsp3) is 0.506. The third-order valence-electron chi connectivity index (χ3n) is 19.9. The summed E-state index contributed by atoms with van der Waals surface area (Å²) in [5.74, 6) is -0.648. The van der Waals surface area contributed by atoms with Gasteiger partial charge >= 0.3 is 43.6 Å². The van der Waals surface area contributed by atoms with Gasteiger partial charge in [-0.3, -0.25) is 9.59 Å². The first-order valence-corrected chi connectivity index (χ1v) is 42.8. The summed E-state index contributed by atoms with van der Waals surface area (Å²) in [5, 5.41) is 59.4. The summed E-state index contributed by atoms with van der Waals surface area (Å²) in [6, 6.07) is 33.5. The lowest BCUT2D eigenvalue weighted by atomic mass is 9.81. The van der Waals surface area contributed by atoms with Gasteiger partial charge in [0.25, 0.3) is 0 Å². The predicted molar refractivity (Wildman–Crippen MR) is 464 cm³/mol. The Morgan fingerprint density at radius 1 is 0.460 bits per heavy atom. The number of ether oxygens (including phenoxy) is 3. The number of unbranched alkanes of at least 4 members (excludes halogenated alkanes) is 3. The maximum Gasteiger partial charge on any atom is 0.488 e. The molecule has 2 aromatic carbocycles. The molecular formula is C85H110BCl3F9N17O11. The number of rotatable bonds is 45. The van der Waals surface area contributed by atoms with Gasteiger partial charge in [0.15, 0.2) is 0 Å². The van der Waals surface area contributed by atoms with Gasteiger partial charge in [0.2, 0.25) is 0 Å². The third-order valence-corrected chi connectivity index (χ3v) is 20.6. The number of pyridine rings is 3. The lowest BCUT2D eigenvalue weighted by molar-refractivity contribution is -0.175. The van der Waals surface area contributed by atoms with E-state index in [-0.39, 0.29) is 63.1 Å². The Morgan fingerprint density at radius 3 is 1.25 bits per heavy atom. The number of hydrogen-bond acceptors (Lipinski definition) is 25. The number of carbonyl (C=O) groups is 3. The number of aryl methyl sites for hydroxylation is 6. The second-order valence-corrected chi connectivity index (χ2v) is 31.1. The second kappa shape index (κ2) is 56.1. The number of nitrogens with two attached hydrogens (primary N) is 1. The second-order valence-electron chi connectivity index (χ2n) is 29.9. The van der Waals surface area contributed by atoms with E-state index in [1.54, 1.807) is 30.3 Å². The Bertz CT molecular complexity index is 4490. The minimum atomic E-state index is -4.39. The Hall–Kier alpha value is -9.32. The molecule has 11 N–H and O–H groups in total. The van der Waals surface area contributed by atoms with Crippen molar-refractivity contribution in [2.24, 2.45) is 11.7 Å². The molecule has 9 heterocycles. The SMILES string of the molecule is Clc1cc(Cl)ncn1.N[C@@H](CCN(CCCCc1ccc2c(n1)NCCC2)CCOCC(F)(F)F)C(=O)O.O=C(O)[C@H](CCN(CCCCc1ccc2c(n1)NCCC2)CCOCC(F)(F)F)Cc1cc(-c2ccccc2)ncn1.O=C(O)[C@H](CCN(CCCCc1ccc2c(n1)NCCC2)CCOCC(F)(F)F)Nc1cc(Cl)ncn1.OB(O)c1ccccc1. The summed E-state index contributed by atoms with van der Waals surface area (Å²) in [4.78, 5) is 78.3. The lowest BCUT2D eigenvalue weighted by Crippen LogP contribution is -2.37. The average Bonchev–Trinajstić information content (AvgIpc) is 0.855. The van der Waals surface area contributed by atoms with E-state index in [0.717, 1.165) is 162 Å². The van der Waals surface area contributed by atoms with Gasteiger partial charge in [0, 0.05) is 99.3 Å². The molecular weight excluding hydrogens is 1720 g/mol. The Morgan fingerprint density at radius 2 is 0.865 bits per heavy atom. The van der Waals surface area contributed by atoms with Crippen LogP contribution < -0.4 is 32.5 Å². The van der Waals surface area contributed by atoms with Crippen molar-refractivity contribution in [2.45, 2.75) is 153 Å². The molecule has 41 heteroatoms. The predicted octanol–water partition coefficient (Wildman–Crippen LogP) is 13.1. The number of benzene rings is 2. The van der Waals surface area contributed by atoms with Crippen LogP contribution in [-0.2, 0) is 73.5 Å². The van der Waals surface area contributed by atoms with Crippen LogP contribution in [0.1, 0.15) is 117 Å². The fourth-order valence-electron chi connectivity index (χ4n) is 13.3. The van der Waals surface area contributed by atoms with Crippen LogP contribution in [-0.4, -0.2) is 259 Å². The number of carboxylic acids is 3. The van der Waals surface area contributed by atoms with Crippen LogP contribution in [0.25, 0.3) is 11.3 Å². The molecule has 0 fully saturated rings. The van der Waals surface area contributed by atoms with Crippen molar-refractivity contribution in [3.8, 4) is 11.3 Å². The molecule has 0 radical (unpaired) electrons. The number of nitrogens with one attached hydrogen (secondary N) is 4. The minimum absolute atomic E-state index is 0.0696. The summed E-state index contributed by atoms with van der Waals surface area (Å²) < 4.78 is 126. The molecule has 0 amide bonds. The standard InChI is InChI=1S/C31H38F3N5O3.C24H32ClF3N6O3.C20H31F3N4O3.C6H7BO2.C4H2Cl2N2/c32-31(33,34)21-42-18-17-39(15-5-4-10-26-12-11-24-9-6-14-35-29(24)38-26)16-13-25(30(40)41)19-27-20-28(37-22-36-27)23-7-2-1-3-8-23;25-20-14-21(31-16-30-20)33-19(23(35)36)8-11-34(12-13-37-15-24(26,27)28)10-2-1-5-18-7-6-17-4-3-9-29-22(17)32-18;21-20(22,23)14-30-13-12-27(11-8-17(24)19(28)29)10-2-1-5-16-7-6-15-4-3-9-25-18(15)26-16;8-7(9)6-4-2-1-3-5-6;5-3-1-4(6)8-2-7-3/h1-3,7-8,11-12,20,22,25H,4-6,9-10,13-19,21H2,(H,35,38)(H,40,41);6-7,14,16,19H,1-5,8-13,15H2,(H,29,32)(H,35,36)(H,30,31,33);6-7,17H,1-5,8-14,24H2,(H,25,26)(H,28,29);1-5,8-9H;1-2H/t25-;19-;17-;;/m100../s1. The topological polar surface area (TPSA) is 380 Å². The van der Waals surface area contributed by atoms with Gasteiger partial charge in [0.1, 0.15) is 89.6 Å². The maximum atomic E-state index is 12.6. The zero-order chi connectivity index (χ0) is 91.1. The van der Waals surface area contributed by atoms with E-state index in [9.17, 15) is 64.1 Å². The summed E-state index contributed by atoms with van der Waals surface area (Å²) in [6.45, 7) is 2.47. The quantitative estimate of drug-likeness (QED) is 0.00733. The van der Waals surface area contributed by atoms with Gasteiger partial charge in [0.05, 0.1) is 31.4 Å². The lowest BCUT2D eigenvalue weighted by Gasteiger charge is -2.24. The summed E-state index contributed by atoms with van der Waals surface area (Å²) in [5.41, 5.74) is 15.0. The highest BCUT2D eigenvalue weighted by Crippen LogP contribution is 2.27. The van der Waals surface area contributed by atoms with Crippen LogP contribution >= 0.6 is 34.8 Å².